The van der Waals surface area contributed by atoms with Gasteiger partial charge in [0.2, 0.25) is 0 Å². The number of fused-ring (bicyclic) bond motifs is 1. The van der Waals surface area contributed by atoms with Gasteiger partial charge in [0.05, 0.1) is 13.2 Å². The van der Waals surface area contributed by atoms with Gasteiger partial charge in [0, 0.05) is 23.7 Å². The number of H-pyrrole nitrogens is 1. The van der Waals surface area contributed by atoms with Crippen molar-refractivity contribution in [3.63, 3.8) is 0 Å². The highest BCUT2D eigenvalue weighted by atomic mass is 16.5. The largest absolute Gasteiger partial charge is 0.490 e. The second kappa shape index (κ2) is 4.93. The Balaban J connectivity index is 1.82. The smallest absolute Gasteiger partial charge is 0.352 e. The van der Waals surface area contributed by atoms with Crippen LogP contribution in [0.1, 0.15) is 23.3 Å². The summed E-state index contributed by atoms with van der Waals surface area (Å²) in [5.41, 5.74) is 0.995. The van der Waals surface area contributed by atoms with Crippen molar-refractivity contribution in [2.24, 2.45) is 0 Å². The molecular formula is C14H15NO4. The highest BCUT2D eigenvalue weighted by Crippen LogP contribution is 2.24. The van der Waals surface area contributed by atoms with Gasteiger partial charge in [-0.3, -0.25) is 0 Å². The quantitative estimate of drug-likeness (QED) is 0.890. The maximum absolute atomic E-state index is 10.9. The van der Waals surface area contributed by atoms with E-state index in [9.17, 15) is 4.79 Å². The first-order valence-corrected chi connectivity index (χ1v) is 6.33. The minimum absolute atomic E-state index is 0.184. The standard InChI is InChI=1S/C14H15NO4/c16-14(17)13-8-9-7-11(1-2-12(9)15-13)19-10-3-5-18-6-4-10/h1-2,7-8,10,15H,3-6H2,(H,16,17). The van der Waals surface area contributed by atoms with Gasteiger partial charge in [0.15, 0.2) is 0 Å². The molecule has 5 nitrogen and oxygen atoms in total. The molecule has 1 aromatic carbocycles. The molecule has 100 valence electrons. The van der Waals surface area contributed by atoms with Crippen LogP contribution in [-0.2, 0) is 4.74 Å². The molecule has 2 heterocycles. The zero-order valence-corrected chi connectivity index (χ0v) is 10.4. The van der Waals surface area contributed by atoms with Gasteiger partial charge in [-0.15, -0.1) is 0 Å². The molecule has 5 heteroatoms. The van der Waals surface area contributed by atoms with Gasteiger partial charge in [0.25, 0.3) is 0 Å². The molecule has 0 saturated carbocycles. The van der Waals surface area contributed by atoms with Crippen molar-refractivity contribution in [2.45, 2.75) is 18.9 Å². The molecule has 0 atom stereocenters. The number of carboxylic acids is 1. The third-order valence-corrected chi connectivity index (χ3v) is 3.29. The monoisotopic (exact) mass is 261 g/mol. The van der Waals surface area contributed by atoms with Crippen molar-refractivity contribution < 1.29 is 19.4 Å². The van der Waals surface area contributed by atoms with Crippen LogP contribution in [0.15, 0.2) is 24.3 Å². The number of rotatable bonds is 3. The minimum Gasteiger partial charge on any atom is -0.490 e. The average molecular weight is 261 g/mol. The first kappa shape index (κ1) is 12.0. The Morgan fingerprint density at radius 1 is 1.32 bits per heavy atom. The van der Waals surface area contributed by atoms with E-state index in [4.69, 9.17) is 14.6 Å². The van der Waals surface area contributed by atoms with E-state index in [2.05, 4.69) is 4.98 Å². The summed E-state index contributed by atoms with van der Waals surface area (Å²) < 4.78 is 11.2. The number of aromatic carboxylic acids is 1. The lowest BCUT2D eigenvalue weighted by atomic mass is 10.1. The van der Waals surface area contributed by atoms with Crippen LogP contribution in [0.4, 0.5) is 0 Å². The van der Waals surface area contributed by atoms with E-state index in [1.165, 1.54) is 0 Å². The van der Waals surface area contributed by atoms with Gasteiger partial charge in [0.1, 0.15) is 17.5 Å². The molecule has 1 fully saturated rings. The summed E-state index contributed by atoms with van der Waals surface area (Å²) >= 11 is 0. The van der Waals surface area contributed by atoms with E-state index in [1.54, 1.807) is 6.07 Å². The lowest BCUT2D eigenvalue weighted by Gasteiger charge is -2.23. The van der Waals surface area contributed by atoms with Crippen molar-refractivity contribution in [3.8, 4) is 5.75 Å². The Bertz CT molecular complexity index is 599. The van der Waals surface area contributed by atoms with Crippen LogP contribution in [-0.4, -0.2) is 35.4 Å². The fourth-order valence-electron chi connectivity index (χ4n) is 2.29. The highest BCUT2D eigenvalue weighted by Gasteiger charge is 2.15. The van der Waals surface area contributed by atoms with Gasteiger partial charge < -0.3 is 19.6 Å². The number of hydrogen-bond donors (Lipinski definition) is 2. The Hall–Kier alpha value is -2.01. The first-order chi connectivity index (χ1) is 9.22. The lowest BCUT2D eigenvalue weighted by Crippen LogP contribution is -2.25. The van der Waals surface area contributed by atoms with Crippen LogP contribution < -0.4 is 4.74 Å². The first-order valence-electron chi connectivity index (χ1n) is 6.33. The number of ether oxygens (including phenoxy) is 2. The van der Waals surface area contributed by atoms with Gasteiger partial charge in [-0.1, -0.05) is 0 Å². The molecule has 1 aliphatic heterocycles. The lowest BCUT2D eigenvalue weighted by molar-refractivity contribution is 0.0256. The van der Waals surface area contributed by atoms with Crippen LogP contribution in [0.5, 0.6) is 5.75 Å². The molecule has 0 spiro atoms. The summed E-state index contributed by atoms with van der Waals surface area (Å²) in [6, 6.07) is 7.19. The van der Waals surface area contributed by atoms with Crippen molar-refractivity contribution in [1.29, 1.82) is 0 Å². The second-order valence-electron chi connectivity index (χ2n) is 4.67. The molecule has 0 amide bonds. The van der Waals surface area contributed by atoms with Crippen molar-refractivity contribution >= 4 is 16.9 Å². The Kier molecular flexibility index (Phi) is 3.13. The van der Waals surface area contributed by atoms with Crippen LogP contribution in [0.25, 0.3) is 10.9 Å². The zero-order valence-electron chi connectivity index (χ0n) is 10.4. The fraction of sp³-hybridized carbons (Fsp3) is 0.357. The van der Waals surface area contributed by atoms with Crippen LogP contribution in [0, 0.1) is 0 Å². The highest BCUT2D eigenvalue weighted by molar-refractivity contribution is 5.94. The summed E-state index contributed by atoms with van der Waals surface area (Å²) in [6.45, 7) is 1.47. The summed E-state index contributed by atoms with van der Waals surface area (Å²) in [5.74, 6) is -0.182. The van der Waals surface area contributed by atoms with Gasteiger partial charge in [-0.25, -0.2) is 4.79 Å². The second-order valence-corrected chi connectivity index (χ2v) is 4.67. The maximum atomic E-state index is 10.9. The molecule has 0 bridgehead atoms. The van der Waals surface area contributed by atoms with Gasteiger partial charge in [-0.2, -0.15) is 0 Å². The van der Waals surface area contributed by atoms with Gasteiger partial charge in [-0.05, 0) is 24.3 Å². The van der Waals surface area contributed by atoms with E-state index < -0.39 is 5.97 Å². The van der Waals surface area contributed by atoms with Crippen LogP contribution in [0.2, 0.25) is 0 Å². The van der Waals surface area contributed by atoms with Crippen molar-refractivity contribution in [3.05, 3.63) is 30.0 Å². The van der Waals surface area contributed by atoms with E-state index >= 15 is 0 Å². The van der Waals surface area contributed by atoms with E-state index in [0.717, 1.165) is 42.7 Å². The molecule has 19 heavy (non-hydrogen) atoms. The zero-order chi connectivity index (χ0) is 13.2. The summed E-state index contributed by atoms with van der Waals surface area (Å²) in [4.78, 5) is 13.7. The number of benzene rings is 1. The normalized spacial score (nSPS) is 16.6. The number of aromatic amines is 1. The molecule has 2 aromatic rings. The number of carbonyl (C=O) groups is 1. The molecule has 2 N–H and O–H groups in total. The molecule has 0 unspecified atom stereocenters. The molecule has 0 radical (unpaired) electrons. The van der Waals surface area contributed by atoms with Crippen molar-refractivity contribution in [2.75, 3.05) is 13.2 Å². The van der Waals surface area contributed by atoms with Crippen LogP contribution in [0.3, 0.4) is 0 Å². The van der Waals surface area contributed by atoms with E-state index in [-0.39, 0.29) is 11.8 Å². The Labute approximate surface area is 110 Å². The molecular weight excluding hydrogens is 246 g/mol. The Morgan fingerprint density at radius 3 is 2.84 bits per heavy atom. The SMILES string of the molecule is O=C(O)c1cc2cc(OC3CCOCC3)ccc2[nH]1. The minimum atomic E-state index is -0.955. The number of aromatic nitrogens is 1. The number of carboxylic acid groups (broad SMARTS) is 1. The average Bonchev–Trinajstić information content (AvgIpc) is 2.83. The van der Waals surface area contributed by atoms with Crippen molar-refractivity contribution in [1.82, 2.24) is 4.98 Å². The predicted molar refractivity (Wildman–Crippen MR) is 69.7 cm³/mol. The van der Waals surface area contributed by atoms with Gasteiger partial charge >= 0.3 is 5.97 Å². The molecule has 1 aliphatic rings. The molecule has 1 saturated heterocycles. The number of hydrogen-bond acceptors (Lipinski definition) is 3. The summed E-state index contributed by atoms with van der Waals surface area (Å²) in [7, 11) is 0. The Morgan fingerprint density at radius 2 is 2.11 bits per heavy atom. The summed E-state index contributed by atoms with van der Waals surface area (Å²) in [6.07, 6.45) is 1.97. The van der Waals surface area contributed by atoms with E-state index in [0.29, 0.717) is 0 Å². The maximum Gasteiger partial charge on any atom is 0.352 e. The predicted octanol–water partition coefficient (Wildman–Crippen LogP) is 2.42. The summed E-state index contributed by atoms with van der Waals surface area (Å²) in [5, 5.41) is 9.79. The molecule has 3 rings (SSSR count). The number of nitrogens with one attached hydrogen (secondary N) is 1. The fourth-order valence-corrected chi connectivity index (χ4v) is 2.29. The molecule has 1 aromatic heterocycles. The molecule has 0 aliphatic carbocycles. The van der Waals surface area contributed by atoms with Crippen LogP contribution >= 0.6 is 0 Å². The third kappa shape index (κ3) is 2.56. The van der Waals surface area contributed by atoms with E-state index in [1.807, 2.05) is 18.2 Å². The third-order valence-electron chi connectivity index (χ3n) is 3.29. The topological polar surface area (TPSA) is 71.6 Å².